The van der Waals surface area contributed by atoms with Gasteiger partial charge >= 0.3 is 0 Å². The molecule has 0 aliphatic heterocycles. The number of hydrogen-bond acceptors (Lipinski definition) is 3. The van der Waals surface area contributed by atoms with Gasteiger partial charge in [-0.25, -0.2) is 15.0 Å². The highest BCUT2D eigenvalue weighted by Crippen LogP contribution is 2.21. The highest BCUT2D eigenvalue weighted by Gasteiger charge is 1.95. The summed E-state index contributed by atoms with van der Waals surface area (Å²) in [6, 6.07) is 18.1. The lowest BCUT2D eigenvalue weighted by molar-refractivity contribution is 1.05. The first-order valence-corrected chi connectivity index (χ1v) is 6.10. The van der Waals surface area contributed by atoms with Crippen LogP contribution in [0.2, 0.25) is 5.02 Å². The molecule has 19 heavy (non-hydrogen) atoms. The van der Waals surface area contributed by atoms with Crippen LogP contribution >= 0.6 is 11.6 Å². The fourth-order valence-corrected chi connectivity index (χ4v) is 1.69. The van der Waals surface area contributed by atoms with Gasteiger partial charge in [-0.2, -0.15) is 0 Å². The quantitative estimate of drug-likeness (QED) is 0.673. The topological polar surface area (TPSA) is 38.7 Å². The maximum absolute atomic E-state index is 5.89. The van der Waals surface area contributed by atoms with E-state index in [0.29, 0.717) is 0 Å². The van der Waals surface area contributed by atoms with E-state index in [9.17, 15) is 0 Å². The fraction of sp³-hybridized carbons (Fsp3) is 0. The third-order valence-corrected chi connectivity index (χ3v) is 2.57. The van der Waals surface area contributed by atoms with Crippen LogP contribution in [0, 0.1) is 0 Å². The van der Waals surface area contributed by atoms with Gasteiger partial charge < -0.3 is 0 Å². The van der Waals surface area contributed by atoms with Crippen LogP contribution in [0.1, 0.15) is 0 Å². The summed E-state index contributed by atoms with van der Waals surface area (Å²) >= 11 is 5.89. The third kappa shape index (κ3) is 4.48. The Morgan fingerprint density at radius 1 is 0.632 bits per heavy atom. The van der Waals surface area contributed by atoms with Crippen molar-refractivity contribution in [1.29, 1.82) is 0 Å². The number of nitrogens with zero attached hydrogens (tertiary/aromatic N) is 3. The monoisotopic (exact) mass is 269 g/mol. The fourth-order valence-electron chi connectivity index (χ4n) is 1.50. The van der Waals surface area contributed by atoms with E-state index >= 15 is 0 Å². The van der Waals surface area contributed by atoms with E-state index in [1.807, 2.05) is 36.4 Å². The summed E-state index contributed by atoms with van der Waals surface area (Å²) in [5.74, 6) is 0. The van der Waals surface area contributed by atoms with Crippen molar-refractivity contribution in [3.05, 3.63) is 78.6 Å². The molecule has 0 saturated carbocycles. The first kappa shape index (κ1) is 13.2. The van der Waals surface area contributed by atoms with Gasteiger partial charge in [0.05, 0.1) is 0 Å². The van der Waals surface area contributed by atoms with E-state index in [0.717, 1.165) is 10.6 Å². The molecule has 0 saturated heterocycles. The summed E-state index contributed by atoms with van der Waals surface area (Å²) in [6.45, 7) is 0. The van der Waals surface area contributed by atoms with E-state index in [1.165, 1.54) is 24.5 Å². The van der Waals surface area contributed by atoms with E-state index in [1.54, 1.807) is 0 Å². The zero-order chi connectivity index (χ0) is 13.3. The smallest absolute Gasteiger partial charge is 0.119 e. The number of benzene rings is 2. The van der Waals surface area contributed by atoms with Crippen LogP contribution in [0.15, 0.2) is 73.6 Å². The first-order chi connectivity index (χ1) is 9.36. The van der Waals surface area contributed by atoms with E-state index < -0.39 is 0 Å². The predicted molar refractivity (Wildman–Crippen MR) is 76.7 cm³/mol. The van der Waals surface area contributed by atoms with E-state index in [2.05, 4.69) is 33.2 Å². The third-order valence-electron chi connectivity index (χ3n) is 2.33. The summed E-state index contributed by atoms with van der Waals surface area (Å²) in [4.78, 5) is 10.7. The minimum Gasteiger partial charge on any atom is -0.225 e. The van der Waals surface area contributed by atoms with Crippen molar-refractivity contribution in [2.75, 3.05) is 0 Å². The molecule has 0 atom stereocenters. The predicted octanol–water partition coefficient (Wildman–Crippen LogP) is 3.88. The van der Waals surface area contributed by atoms with Crippen LogP contribution < -0.4 is 0 Å². The molecule has 4 heteroatoms. The molecule has 0 fully saturated rings. The molecule has 0 aliphatic rings. The number of rotatable bonds is 1. The average molecular weight is 270 g/mol. The van der Waals surface area contributed by atoms with Crippen molar-refractivity contribution >= 4 is 11.6 Å². The zero-order valence-corrected chi connectivity index (χ0v) is 10.9. The molecular formula is C15H12ClN3. The second-order valence-electron chi connectivity index (χ2n) is 3.67. The van der Waals surface area contributed by atoms with Gasteiger partial charge in [0, 0.05) is 5.02 Å². The standard InChI is InChI=1S/C12H9Cl.C3H3N3/c13-12-8-4-7-11(9-12)10-5-2-1-3-6-10;1-4-2-6-3-5-1/h1-9H;1-3H. The molecule has 0 N–H and O–H groups in total. The maximum atomic E-state index is 5.89. The van der Waals surface area contributed by atoms with Crippen LogP contribution in [0.3, 0.4) is 0 Å². The Kier molecular flexibility index (Phi) is 5.02. The van der Waals surface area contributed by atoms with Gasteiger partial charge in [-0.05, 0) is 23.3 Å². The van der Waals surface area contributed by atoms with Crippen LogP contribution in [-0.2, 0) is 0 Å². The molecule has 0 bridgehead atoms. The largest absolute Gasteiger partial charge is 0.225 e. The molecule has 1 heterocycles. The van der Waals surface area contributed by atoms with Crippen molar-refractivity contribution < 1.29 is 0 Å². The molecule has 0 unspecified atom stereocenters. The number of aromatic nitrogens is 3. The normalized spacial score (nSPS) is 9.32. The Labute approximate surface area is 117 Å². The van der Waals surface area contributed by atoms with Gasteiger partial charge in [-0.15, -0.1) is 0 Å². The lowest BCUT2D eigenvalue weighted by atomic mass is 10.1. The second-order valence-corrected chi connectivity index (χ2v) is 4.11. The van der Waals surface area contributed by atoms with E-state index in [4.69, 9.17) is 11.6 Å². The van der Waals surface area contributed by atoms with Crippen molar-refractivity contribution in [1.82, 2.24) is 15.0 Å². The van der Waals surface area contributed by atoms with Crippen LogP contribution in [0.25, 0.3) is 11.1 Å². The molecule has 0 amide bonds. The van der Waals surface area contributed by atoms with Crippen molar-refractivity contribution in [3.8, 4) is 11.1 Å². The summed E-state index contributed by atoms with van der Waals surface area (Å²) < 4.78 is 0. The molecule has 3 rings (SSSR count). The minimum absolute atomic E-state index is 0.779. The van der Waals surface area contributed by atoms with Crippen molar-refractivity contribution in [2.24, 2.45) is 0 Å². The molecule has 2 aromatic carbocycles. The van der Waals surface area contributed by atoms with Crippen molar-refractivity contribution in [2.45, 2.75) is 0 Å². The zero-order valence-electron chi connectivity index (χ0n) is 10.1. The van der Waals surface area contributed by atoms with Gasteiger partial charge in [0.1, 0.15) is 19.0 Å². The lowest BCUT2D eigenvalue weighted by Gasteiger charge is -2.00. The van der Waals surface area contributed by atoms with E-state index in [-0.39, 0.29) is 0 Å². The van der Waals surface area contributed by atoms with Gasteiger partial charge in [0.2, 0.25) is 0 Å². The Balaban J connectivity index is 0.000000186. The second kappa shape index (κ2) is 7.24. The van der Waals surface area contributed by atoms with Crippen LogP contribution in [-0.4, -0.2) is 15.0 Å². The molecule has 0 spiro atoms. The van der Waals surface area contributed by atoms with Gasteiger partial charge in [-0.1, -0.05) is 54.1 Å². The molecular weight excluding hydrogens is 258 g/mol. The van der Waals surface area contributed by atoms with Gasteiger partial charge in [-0.3, -0.25) is 0 Å². The van der Waals surface area contributed by atoms with Crippen molar-refractivity contribution in [3.63, 3.8) is 0 Å². The molecule has 1 aromatic heterocycles. The average Bonchev–Trinajstić information content (AvgIpc) is 2.51. The van der Waals surface area contributed by atoms with Crippen LogP contribution in [0.5, 0.6) is 0 Å². The summed E-state index contributed by atoms with van der Waals surface area (Å²) in [7, 11) is 0. The Hall–Kier alpha value is -2.26. The van der Waals surface area contributed by atoms with Gasteiger partial charge in [0.25, 0.3) is 0 Å². The number of halogens is 1. The SMILES string of the molecule is Clc1cccc(-c2ccccc2)c1.c1ncncn1. The molecule has 0 radical (unpaired) electrons. The minimum atomic E-state index is 0.779. The highest BCUT2D eigenvalue weighted by molar-refractivity contribution is 6.30. The lowest BCUT2D eigenvalue weighted by Crippen LogP contribution is -1.75. The number of hydrogen-bond donors (Lipinski definition) is 0. The molecule has 94 valence electrons. The Morgan fingerprint density at radius 2 is 1.21 bits per heavy atom. The first-order valence-electron chi connectivity index (χ1n) is 5.72. The highest BCUT2D eigenvalue weighted by atomic mass is 35.5. The van der Waals surface area contributed by atoms with Gasteiger partial charge in [0.15, 0.2) is 0 Å². The Morgan fingerprint density at radius 3 is 1.74 bits per heavy atom. The summed E-state index contributed by atoms with van der Waals surface area (Å²) in [6.07, 6.45) is 4.31. The summed E-state index contributed by atoms with van der Waals surface area (Å²) in [5.41, 5.74) is 2.36. The summed E-state index contributed by atoms with van der Waals surface area (Å²) in [5, 5.41) is 0.779. The Bertz CT molecular complexity index is 573. The van der Waals surface area contributed by atoms with Crippen LogP contribution in [0.4, 0.5) is 0 Å². The molecule has 0 aliphatic carbocycles. The molecule has 3 aromatic rings. The maximum Gasteiger partial charge on any atom is 0.119 e. The molecule has 3 nitrogen and oxygen atoms in total.